The first kappa shape index (κ1) is 18.3. The minimum Gasteiger partial charge on any atom is -0.496 e. The summed E-state index contributed by atoms with van der Waals surface area (Å²) in [5.74, 6) is 1.59. The lowest BCUT2D eigenvalue weighted by Gasteiger charge is -2.15. The number of para-hydroxylation sites is 1. The van der Waals surface area contributed by atoms with Gasteiger partial charge < -0.3 is 4.74 Å². The molecule has 0 aliphatic rings. The van der Waals surface area contributed by atoms with E-state index in [1.165, 1.54) is 5.56 Å². The Bertz CT molecular complexity index is 861. The van der Waals surface area contributed by atoms with E-state index in [0.717, 1.165) is 28.7 Å². The quantitative estimate of drug-likeness (QED) is 0.397. The van der Waals surface area contributed by atoms with Crippen LogP contribution in [-0.4, -0.2) is 21.9 Å². The average Bonchev–Trinajstić information content (AvgIpc) is 3.09. The van der Waals surface area contributed by atoms with Crippen molar-refractivity contribution in [1.82, 2.24) is 14.8 Å². The molecule has 1 aromatic heterocycles. The van der Waals surface area contributed by atoms with Crippen molar-refractivity contribution in [3.63, 3.8) is 0 Å². The molecule has 2 aromatic carbocycles. The lowest BCUT2D eigenvalue weighted by Crippen LogP contribution is -2.03. The fourth-order valence-electron chi connectivity index (χ4n) is 2.88. The Morgan fingerprint density at radius 2 is 1.85 bits per heavy atom. The van der Waals surface area contributed by atoms with Gasteiger partial charge in [0.2, 0.25) is 0 Å². The average molecular weight is 366 g/mol. The SMILES string of the molecule is C=CCn1c(SC(CC)c2ccccc2)nnc1-c1ccccc1OC. The third kappa shape index (κ3) is 3.83. The minimum atomic E-state index is 0.328. The summed E-state index contributed by atoms with van der Waals surface area (Å²) in [5, 5.41) is 10.1. The van der Waals surface area contributed by atoms with E-state index in [0.29, 0.717) is 11.8 Å². The second kappa shape index (κ2) is 8.72. The van der Waals surface area contributed by atoms with E-state index >= 15 is 0 Å². The number of nitrogens with zero attached hydrogens (tertiary/aromatic N) is 3. The van der Waals surface area contributed by atoms with Gasteiger partial charge in [-0.25, -0.2) is 0 Å². The van der Waals surface area contributed by atoms with E-state index in [4.69, 9.17) is 4.74 Å². The number of allylic oxidation sites excluding steroid dienone is 1. The van der Waals surface area contributed by atoms with Crippen molar-refractivity contribution in [2.24, 2.45) is 0 Å². The second-order valence-corrected chi connectivity index (χ2v) is 7.00. The monoisotopic (exact) mass is 365 g/mol. The molecule has 0 aliphatic heterocycles. The van der Waals surface area contributed by atoms with Gasteiger partial charge in [-0.2, -0.15) is 0 Å². The van der Waals surface area contributed by atoms with Gasteiger partial charge in [-0.05, 0) is 24.1 Å². The summed E-state index contributed by atoms with van der Waals surface area (Å²) in [6, 6.07) is 18.4. The van der Waals surface area contributed by atoms with Crippen LogP contribution in [0.15, 0.2) is 72.4 Å². The summed E-state index contributed by atoms with van der Waals surface area (Å²) >= 11 is 1.74. The highest BCUT2D eigenvalue weighted by Crippen LogP contribution is 2.38. The van der Waals surface area contributed by atoms with Crippen LogP contribution in [0.2, 0.25) is 0 Å². The smallest absolute Gasteiger partial charge is 0.192 e. The van der Waals surface area contributed by atoms with Crippen molar-refractivity contribution >= 4 is 11.8 Å². The zero-order valence-electron chi connectivity index (χ0n) is 15.1. The summed E-state index contributed by atoms with van der Waals surface area (Å²) < 4.78 is 7.60. The summed E-state index contributed by atoms with van der Waals surface area (Å²) in [4.78, 5) is 0. The van der Waals surface area contributed by atoms with Gasteiger partial charge in [0.05, 0.1) is 12.7 Å². The van der Waals surface area contributed by atoms with Crippen molar-refractivity contribution < 1.29 is 4.74 Å². The molecule has 0 aliphatic carbocycles. The highest BCUT2D eigenvalue weighted by Gasteiger charge is 2.20. The lowest BCUT2D eigenvalue weighted by molar-refractivity contribution is 0.416. The molecule has 0 amide bonds. The number of hydrogen-bond acceptors (Lipinski definition) is 4. The third-order valence-corrected chi connectivity index (χ3v) is 5.57. The van der Waals surface area contributed by atoms with Gasteiger partial charge in [0.15, 0.2) is 11.0 Å². The van der Waals surface area contributed by atoms with E-state index < -0.39 is 0 Å². The van der Waals surface area contributed by atoms with Gasteiger partial charge in [-0.1, -0.05) is 67.2 Å². The Morgan fingerprint density at radius 3 is 2.54 bits per heavy atom. The Kier molecular flexibility index (Phi) is 6.12. The van der Waals surface area contributed by atoms with Gasteiger partial charge in [0.1, 0.15) is 5.75 Å². The molecular formula is C21H23N3OS. The van der Waals surface area contributed by atoms with Crippen LogP contribution in [0.3, 0.4) is 0 Å². The van der Waals surface area contributed by atoms with Crippen molar-refractivity contribution in [3.05, 3.63) is 72.8 Å². The number of ether oxygens (including phenoxy) is 1. The molecule has 0 saturated carbocycles. The fourth-order valence-corrected chi connectivity index (χ4v) is 3.97. The highest BCUT2D eigenvalue weighted by molar-refractivity contribution is 7.99. The summed E-state index contributed by atoms with van der Waals surface area (Å²) in [7, 11) is 1.67. The van der Waals surface area contributed by atoms with Crippen molar-refractivity contribution in [1.29, 1.82) is 0 Å². The molecule has 1 unspecified atom stereocenters. The molecule has 0 fully saturated rings. The number of thioether (sulfide) groups is 1. The molecule has 3 rings (SSSR count). The summed E-state index contributed by atoms with van der Waals surface area (Å²) in [6.07, 6.45) is 2.88. The van der Waals surface area contributed by atoms with Gasteiger partial charge in [0, 0.05) is 11.8 Å². The van der Waals surface area contributed by atoms with Crippen molar-refractivity contribution in [2.45, 2.75) is 30.3 Å². The van der Waals surface area contributed by atoms with Gasteiger partial charge in [-0.15, -0.1) is 16.8 Å². The van der Waals surface area contributed by atoms with E-state index in [1.807, 2.05) is 36.4 Å². The first-order chi connectivity index (χ1) is 12.8. The molecule has 1 atom stereocenters. The molecule has 3 aromatic rings. The minimum absolute atomic E-state index is 0.328. The second-order valence-electron chi connectivity index (χ2n) is 5.83. The predicted octanol–water partition coefficient (Wildman–Crippen LogP) is 5.38. The summed E-state index contributed by atoms with van der Waals surface area (Å²) in [6.45, 7) is 6.74. The Hall–Kier alpha value is -2.53. The highest BCUT2D eigenvalue weighted by atomic mass is 32.2. The maximum absolute atomic E-state index is 5.50. The third-order valence-electron chi connectivity index (χ3n) is 4.17. The first-order valence-electron chi connectivity index (χ1n) is 8.67. The molecule has 5 heteroatoms. The van der Waals surface area contributed by atoms with Gasteiger partial charge in [-0.3, -0.25) is 4.57 Å². The van der Waals surface area contributed by atoms with Crippen LogP contribution < -0.4 is 4.74 Å². The number of methoxy groups -OCH3 is 1. The number of hydrogen-bond donors (Lipinski definition) is 0. The lowest BCUT2D eigenvalue weighted by atomic mass is 10.1. The zero-order valence-corrected chi connectivity index (χ0v) is 15.9. The molecule has 0 radical (unpaired) electrons. The molecule has 1 heterocycles. The maximum atomic E-state index is 5.50. The van der Waals surface area contributed by atoms with Crippen LogP contribution in [0.25, 0.3) is 11.4 Å². The molecular weight excluding hydrogens is 342 g/mol. The standard InChI is InChI=1S/C21H23N3OS/c1-4-15-24-20(17-13-9-10-14-18(17)25-3)22-23-21(24)26-19(5-2)16-11-7-6-8-12-16/h4,6-14,19H,1,5,15H2,2-3H3. The van der Waals surface area contributed by atoms with Gasteiger partial charge >= 0.3 is 0 Å². The molecule has 134 valence electrons. The molecule has 0 bridgehead atoms. The predicted molar refractivity (Wildman–Crippen MR) is 108 cm³/mol. The first-order valence-corrected chi connectivity index (χ1v) is 9.55. The van der Waals surface area contributed by atoms with Crippen molar-refractivity contribution in [3.8, 4) is 17.1 Å². The van der Waals surface area contributed by atoms with Gasteiger partial charge in [0.25, 0.3) is 0 Å². The fraction of sp³-hybridized carbons (Fsp3) is 0.238. The van der Waals surface area contributed by atoms with Crippen LogP contribution in [0.5, 0.6) is 5.75 Å². The van der Waals surface area contributed by atoms with E-state index in [-0.39, 0.29) is 0 Å². The largest absolute Gasteiger partial charge is 0.496 e. The topological polar surface area (TPSA) is 39.9 Å². The van der Waals surface area contributed by atoms with Crippen molar-refractivity contribution in [2.75, 3.05) is 7.11 Å². The normalized spacial score (nSPS) is 11.9. The number of benzene rings is 2. The molecule has 0 N–H and O–H groups in total. The van der Waals surface area contributed by atoms with E-state index in [9.17, 15) is 0 Å². The Balaban J connectivity index is 1.98. The van der Waals surface area contributed by atoms with Crippen LogP contribution in [-0.2, 0) is 6.54 Å². The Morgan fingerprint density at radius 1 is 1.12 bits per heavy atom. The summed E-state index contributed by atoms with van der Waals surface area (Å²) in [5.41, 5.74) is 2.23. The molecule has 0 spiro atoms. The molecule has 4 nitrogen and oxygen atoms in total. The van der Waals surface area contributed by atoms with E-state index in [1.54, 1.807) is 18.9 Å². The number of aromatic nitrogens is 3. The zero-order chi connectivity index (χ0) is 18.4. The van der Waals surface area contributed by atoms with Crippen LogP contribution in [0.1, 0.15) is 24.2 Å². The molecule has 0 saturated heterocycles. The van der Waals surface area contributed by atoms with Crippen LogP contribution >= 0.6 is 11.8 Å². The number of rotatable bonds is 8. The Labute approximate surface area is 158 Å². The van der Waals surface area contributed by atoms with E-state index in [2.05, 4.69) is 52.5 Å². The maximum Gasteiger partial charge on any atom is 0.192 e. The van der Waals surface area contributed by atoms with Crippen LogP contribution in [0, 0.1) is 0 Å². The van der Waals surface area contributed by atoms with Crippen LogP contribution in [0.4, 0.5) is 0 Å². The molecule has 26 heavy (non-hydrogen) atoms.